The Morgan fingerprint density at radius 3 is 2.87 bits per heavy atom. The zero-order chi connectivity index (χ0) is 22.2. The lowest BCUT2D eigenvalue weighted by atomic mass is 9.95. The normalized spacial score (nSPS) is 21.6. The highest BCUT2D eigenvalue weighted by Crippen LogP contribution is 2.22. The van der Waals surface area contributed by atoms with Gasteiger partial charge in [-0.05, 0) is 30.2 Å². The molecule has 0 aliphatic heterocycles. The van der Waals surface area contributed by atoms with E-state index in [1.165, 1.54) is 12.2 Å². The molecule has 0 fully saturated rings. The number of aryl methyl sites for hydroxylation is 1. The molecule has 2 unspecified atom stereocenters. The van der Waals surface area contributed by atoms with E-state index in [-0.39, 0.29) is 12.2 Å². The van der Waals surface area contributed by atoms with E-state index in [9.17, 15) is 14.7 Å². The Hall–Kier alpha value is -3.45. The van der Waals surface area contributed by atoms with Gasteiger partial charge in [-0.3, -0.25) is 0 Å². The zero-order valence-electron chi connectivity index (χ0n) is 17.6. The van der Waals surface area contributed by atoms with Crippen molar-refractivity contribution >= 4 is 24.1 Å². The quantitative estimate of drug-likeness (QED) is 0.453. The number of fused-ring (bicyclic) bond motifs is 1. The van der Waals surface area contributed by atoms with Crippen LogP contribution in [0.1, 0.15) is 30.2 Å². The van der Waals surface area contributed by atoms with Crippen molar-refractivity contribution in [1.82, 2.24) is 9.55 Å². The predicted octanol–water partition coefficient (Wildman–Crippen LogP) is 2.86. The maximum atomic E-state index is 12.3. The van der Waals surface area contributed by atoms with Crippen LogP contribution in [0.5, 0.6) is 0 Å². The number of carbonyl (C=O) groups excluding carboxylic acids is 2. The van der Waals surface area contributed by atoms with Gasteiger partial charge in [-0.2, -0.15) is 0 Å². The van der Waals surface area contributed by atoms with Gasteiger partial charge >= 0.3 is 11.9 Å². The molecule has 0 radical (unpaired) electrons. The largest absolute Gasteiger partial charge is 0.463 e. The summed E-state index contributed by atoms with van der Waals surface area (Å²) < 4.78 is 12.5. The maximum Gasteiger partial charge on any atom is 0.337 e. The number of benzene rings is 1. The van der Waals surface area contributed by atoms with E-state index in [1.54, 1.807) is 42.2 Å². The number of rotatable bonds is 5. The molecule has 1 aromatic carbocycles. The summed E-state index contributed by atoms with van der Waals surface area (Å²) in [6.45, 7) is 1.94. The predicted molar refractivity (Wildman–Crippen MR) is 117 cm³/mol. The van der Waals surface area contributed by atoms with Crippen LogP contribution in [-0.4, -0.2) is 45.4 Å². The highest BCUT2D eigenvalue weighted by atomic mass is 16.5. The Balaban J connectivity index is 1.81. The number of imidazole rings is 1. The van der Waals surface area contributed by atoms with Gasteiger partial charge in [-0.25, -0.2) is 14.6 Å². The summed E-state index contributed by atoms with van der Waals surface area (Å²) in [7, 11) is 1.85. The van der Waals surface area contributed by atoms with Crippen LogP contribution in [0.15, 0.2) is 60.6 Å². The van der Waals surface area contributed by atoms with Gasteiger partial charge < -0.3 is 19.1 Å². The van der Waals surface area contributed by atoms with Gasteiger partial charge in [0.25, 0.3) is 0 Å². The lowest BCUT2D eigenvalue weighted by molar-refractivity contribution is -0.142. The summed E-state index contributed by atoms with van der Waals surface area (Å²) in [5.41, 5.74) is 2.50. The SMILES string of the molecule is CCOC(=O)/C1=C/c2ccccc2CC(OC(=O)/C=C/c2cn(C)cn2)C/C=C\C1O. The van der Waals surface area contributed by atoms with E-state index in [1.807, 2.05) is 31.3 Å². The minimum Gasteiger partial charge on any atom is -0.463 e. The smallest absolute Gasteiger partial charge is 0.337 e. The summed E-state index contributed by atoms with van der Waals surface area (Å²) in [6.07, 6.45) is 10.6. The van der Waals surface area contributed by atoms with E-state index in [2.05, 4.69) is 4.98 Å². The van der Waals surface area contributed by atoms with Crippen molar-refractivity contribution < 1.29 is 24.2 Å². The van der Waals surface area contributed by atoms with Crippen molar-refractivity contribution in [1.29, 1.82) is 0 Å². The molecule has 1 aliphatic rings. The van der Waals surface area contributed by atoms with Gasteiger partial charge in [-0.1, -0.05) is 36.4 Å². The molecule has 162 valence electrons. The number of aliphatic hydroxyl groups excluding tert-OH is 1. The molecule has 2 aromatic rings. The lowest BCUT2D eigenvalue weighted by Gasteiger charge is -2.19. The van der Waals surface area contributed by atoms with Crippen LogP contribution in [0.25, 0.3) is 12.2 Å². The third-order valence-electron chi connectivity index (χ3n) is 4.76. The first-order chi connectivity index (χ1) is 15.0. The number of ether oxygens (including phenoxy) is 2. The summed E-state index contributed by atoms with van der Waals surface area (Å²) >= 11 is 0. The van der Waals surface area contributed by atoms with Gasteiger partial charge in [-0.15, -0.1) is 0 Å². The van der Waals surface area contributed by atoms with Crippen molar-refractivity contribution in [2.75, 3.05) is 6.61 Å². The molecule has 0 saturated heterocycles. The summed E-state index contributed by atoms with van der Waals surface area (Å²) in [5.74, 6) is -1.03. The number of aromatic nitrogens is 2. The third-order valence-corrected chi connectivity index (χ3v) is 4.76. The Morgan fingerprint density at radius 1 is 1.32 bits per heavy atom. The molecule has 0 saturated carbocycles. The van der Waals surface area contributed by atoms with E-state index >= 15 is 0 Å². The molecule has 1 heterocycles. The first-order valence-corrected chi connectivity index (χ1v) is 10.1. The first kappa shape index (κ1) is 22.2. The molecule has 2 atom stereocenters. The highest BCUT2D eigenvalue weighted by molar-refractivity contribution is 5.95. The first-order valence-electron chi connectivity index (χ1n) is 10.1. The Labute approximate surface area is 181 Å². The van der Waals surface area contributed by atoms with E-state index in [0.717, 1.165) is 11.1 Å². The number of carbonyl (C=O) groups is 2. The number of aliphatic hydroxyl groups is 1. The molecule has 1 N–H and O–H groups in total. The summed E-state index contributed by atoms with van der Waals surface area (Å²) in [6, 6.07) is 7.50. The highest BCUT2D eigenvalue weighted by Gasteiger charge is 2.21. The standard InChI is InChI=1S/C24H26N2O5/c1-3-30-24(29)21-14-18-8-5-4-7-17(18)13-20(9-6-10-22(21)27)31-23(28)12-11-19-15-26(2)16-25-19/h4-8,10-12,14-16,20,22,27H,3,9,13H2,1-2H3/b10-6-,12-11+,21-14+. The van der Waals surface area contributed by atoms with Crippen molar-refractivity contribution in [2.24, 2.45) is 7.05 Å². The second-order valence-electron chi connectivity index (χ2n) is 7.19. The van der Waals surface area contributed by atoms with Gasteiger partial charge in [0.05, 0.1) is 24.2 Å². The number of nitrogens with zero attached hydrogens (tertiary/aromatic N) is 2. The third kappa shape index (κ3) is 6.26. The summed E-state index contributed by atoms with van der Waals surface area (Å²) in [4.78, 5) is 28.8. The van der Waals surface area contributed by atoms with Gasteiger partial charge in [0.2, 0.25) is 0 Å². The van der Waals surface area contributed by atoms with Crippen molar-refractivity contribution in [3.8, 4) is 0 Å². The van der Waals surface area contributed by atoms with Crippen LogP contribution in [0.4, 0.5) is 0 Å². The number of hydrogen-bond donors (Lipinski definition) is 1. The zero-order valence-corrected chi connectivity index (χ0v) is 17.6. The second-order valence-corrected chi connectivity index (χ2v) is 7.19. The molecular formula is C24H26N2O5. The second kappa shape index (κ2) is 10.5. The average molecular weight is 422 g/mol. The molecule has 0 spiro atoms. The molecule has 7 heteroatoms. The van der Waals surface area contributed by atoms with Crippen LogP contribution >= 0.6 is 0 Å². The average Bonchev–Trinajstić information content (AvgIpc) is 3.16. The minimum atomic E-state index is -1.12. The van der Waals surface area contributed by atoms with Crippen molar-refractivity contribution in [3.05, 3.63) is 77.4 Å². The van der Waals surface area contributed by atoms with Crippen LogP contribution in [-0.2, 0) is 32.5 Å². The van der Waals surface area contributed by atoms with Gasteiger partial charge in [0, 0.05) is 32.2 Å². The molecule has 3 rings (SSSR count). The Morgan fingerprint density at radius 2 is 2.13 bits per heavy atom. The molecule has 0 bridgehead atoms. The van der Waals surface area contributed by atoms with E-state index < -0.39 is 24.1 Å². The maximum absolute atomic E-state index is 12.3. The van der Waals surface area contributed by atoms with Crippen LogP contribution in [0.2, 0.25) is 0 Å². The molecule has 7 nitrogen and oxygen atoms in total. The van der Waals surface area contributed by atoms with Crippen molar-refractivity contribution in [2.45, 2.75) is 32.0 Å². The Kier molecular flexibility index (Phi) is 7.56. The molecule has 31 heavy (non-hydrogen) atoms. The summed E-state index contributed by atoms with van der Waals surface area (Å²) in [5, 5.41) is 10.5. The van der Waals surface area contributed by atoms with Crippen LogP contribution in [0.3, 0.4) is 0 Å². The van der Waals surface area contributed by atoms with E-state index in [4.69, 9.17) is 9.47 Å². The fourth-order valence-corrected chi connectivity index (χ4v) is 3.27. The lowest BCUT2D eigenvalue weighted by Crippen LogP contribution is -2.22. The fraction of sp³-hybridized carbons (Fsp3) is 0.292. The monoisotopic (exact) mass is 422 g/mol. The molecule has 1 aromatic heterocycles. The van der Waals surface area contributed by atoms with Gasteiger partial charge in [0.1, 0.15) is 12.2 Å². The van der Waals surface area contributed by atoms with Crippen molar-refractivity contribution in [3.63, 3.8) is 0 Å². The number of hydrogen-bond acceptors (Lipinski definition) is 6. The fourth-order valence-electron chi connectivity index (χ4n) is 3.27. The molecular weight excluding hydrogens is 396 g/mol. The molecule has 0 amide bonds. The topological polar surface area (TPSA) is 90.7 Å². The van der Waals surface area contributed by atoms with Crippen LogP contribution < -0.4 is 0 Å². The minimum absolute atomic E-state index is 0.166. The Bertz CT molecular complexity index is 1020. The molecule has 1 aliphatic carbocycles. The van der Waals surface area contributed by atoms with Crippen LogP contribution in [0, 0.1) is 0 Å². The van der Waals surface area contributed by atoms with Gasteiger partial charge in [0.15, 0.2) is 0 Å². The van der Waals surface area contributed by atoms with E-state index in [0.29, 0.717) is 18.5 Å². The number of esters is 2.